The number of allylic oxidation sites excluding steroid dienone is 4. The zero-order valence-electron chi connectivity index (χ0n) is 33.2. The number of halogens is 1. The molecule has 0 saturated carbocycles. The Hall–Kier alpha value is -5.74. The van der Waals surface area contributed by atoms with Crippen LogP contribution in [0.5, 0.6) is 0 Å². The number of rotatable bonds is 4. The fourth-order valence-electron chi connectivity index (χ4n) is 8.62. The molecule has 6 heteroatoms. The van der Waals surface area contributed by atoms with E-state index < -0.39 is 0 Å². The van der Waals surface area contributed by atoms with Gasteiger partial charge in [0.2, 0.25) is 0 Å². The third-order valence-electron chi connectivity index (χ3n) is 10.7. The number of aliphatic imine (C=N–C) groups is 2. The van der Waals surface area contributed by atoms with Crippen molar-refractivity contribution in [3.05, 3.63) is 229 Å². The van der Waals surface area contributed by atoms with Crippen molar-refractivity contribution in [2.75, 3.05) is 0 Å². The van der Waals surface area contributed by atoms with Gasteiger partial charge in [-0.05, 0) is 134 Å². The zero-order chi connectivity index (χ0) is 39.8. The van der Waals surface area contributed by atoms with E-state index in [1.165, 1.54) is 33.4 Å². The average Bonchev–Trinajstić information content (AvgIpc) is 3.99. The van der Waals surface area contributed by atoms with Crippen molar-refractivity contribution < 1.29 is 17.3 Å². The van der Waals surface area contributed by atoms with Crippen LogP contribution in [-0.4, -0.2) is 16.4 Å². The van der Waals surface area contributed by atoms with Crippen LogP contribution < -0.4 is 15.7 Å². The number of aryl methyl sites for hydroxylation is 6. The molecule has 0 fully saturated rings. The van der Waals surface area contributed by atoms with E-state index in [9.17, 15) is 0 Å². The van der Waals surface area contributed by atoms with E-state index in [0.717, 1.165) is 107 Å². The molecule has 274 valence electrons. The number of fused-ring (bicyclic) bond motifs is 6. The number of nitrogens with zero attached hydrogens (tertiary/aromatic N) is 4. The first kappa shape index (κ1) is 38.2. The monoisotopic (exact) mass is 808 g/mol. The summed E-state index contributed by atoms with van der Waals surface area (Å²) in [6, 6.07) is 40.6. The molecular weight excluding hydrogens is 769 g/mol. The van der Waals surface area contributed by atoms with Gasteiger partial charge in [-0.2, -0.15) is 0 Å². The summed E-state index contributed by atoms with van der Waals surface area (Å²) in [4.78, 5) is 21.9. The van der Waals surface area contributed by atoms with Gasteiger partial charge in [-0.3, -0.25) is 0 Å². The number of pyridine rings is 1. The maximum absolute atomic E-state index is 5.58. The van der Waals surface area contributed by atoms with Gasteiger partial charge in [-0.15, -0.1) is 10.7 Å². The van der Waals surface area contributed by atoms with Gasteiger partial charge < -0.3 is 4.98 Å². The molecule has 4 nitrogen and oxygen atoms in total. The summed E-state index contributed by atoms with van der Waals surface area (Å²) < 4.78 is 0. The molecule has 0 spiro atoms. The molecule has 2 aromatic heterocycles. The third kappa shape index (κ3) is 7.23. The van der Waals surface area contributed by atoms with Crippen LogP contribution in [0.3, 0.4) is 0 Å². The summed E-state index contributed by atoms with van der Waals surface area (Å²) >= 11 is 0.847. The van der Waals surface area contributed by atoms with Crippen molar-refractivity contribution in [1.29, 1.82) is 0 Å². The van der Waals surface area contributed by atoms with Gasteiger partial charge in [0.15, 0.2) is 0 Å². The van der Waals surface area contributed by atoms with Crippen LogP contribution in [0.2, 0.25) is 0 Å². The van der Waals surface area contributed by atoms with Crippen LogP contribution in [-0.2, 0) is 17.3 Å². The van der Waals surface area contributed by atoms with E-state index in [1.54, 1.807) is 0 Å². The summed E-state index contributed by atoms with van der Waals surface area (Å²) in [6.07, 6.45) is 8.56. The molecule has 0 aliphatic carbocycles. The molecule has 9 rings (SSSR count). The van der Waals surface area contributed by atoms with E-state index in [1.807, 2.05) is 12.1 Å². The minimum absolute atomic E-state index is 0.847. The molecule has 0 atom stereocenters. The second-order valence-corrected chi connectivity index (χ2v) is 14.8. The molecule has 3 aliphatic heterocycles. The van der Waals surface area contributed by atoms with Gasteiger partial charge in [0.05, 0.1) is 34.2 Å². The number of aromatic nitrogens is 2. The summed E-state index contributed by atoms with van der Waals surface area (Å²) in [7, 11) is 4.76. The molecule has 3 aliphatic rings. The van der Waals surface area contributed by atoms with Crippen LogP contribution in [0.4, 0.5) is 0 Å². The normalized spacial score (nSPS) is 14.5. The van der Waals surface area contributed by atoms with Crippen LogP contribution in [0, 0.1) is 41.5 Å². The predicted molar refractivity (Wildman–Crippen MR) is 234 cm³/mol. The second-order valence-electron chi connectivity index (χ2n) is 14.8. The fraction of sp³-hybridized carbons (Fsp3) is 0.118. The Morgan fingerprint density at radius 1 is 0.439 bits per heavy atom. The molecule has 4 aromatic carbocycles. The van der Waals surface area contributed by atoms with Crippen LogP contribution >= 0.6 is 9.69 Å². The van der Waals surface area contributed by atoms with Gasteiger partial charge >= 0.3 is 27.0 Å². The van der Waals surface area contributed by atoms with E-state index >= 15 is 0 Å². The number of hydrogen-bond acceptors (Lipinski definition) is 3. The van der Waals surface area contributed by atoms with E-state index in [2.05, 4.69) is 169 Å². The SMILES string of the molecule is Cc1cc(C)c(C2=C3C=CC(=N3)C(c3ccccc3)=c3ccc([n-]3)=C(c3ccccc3)C3=NC(=C(c4c(C)cc(C)cc4C)c4cccc2n4)C=C3)c(C)c1.[Cl][Zn+]. The Morgan fingerprint density at radius 2 is 0.825 bits per heavy atom. The predicted octanol–water partition coefficient (Wildman–Crippen LogP) is 10.2. The van der Waals surface area contributed by atoms with E-state index in [-0.39, 0.29) is 0 Å². The molecule has 0 N–H and O–H groups in total. The topological polar surface area (TPSA) is 51.7 Å². The average molecular weight is 811 g/mol. The first-order chi connectivity index (χ1) is 27.7. The molecule has 0 radical (unpaired) electrons. The number of benzene rings is 4. The van der Waals surface area contributed by atoms with Gasteiger partial charge in [0.25, 0.3) is 0 Å². The standard InChI is InChI=1S/C51H41N4.ClH.Zn/c1-30-26-32(3)46(33(4)27-30)50-38-18-13-19-39(52-38)51(47-34(5)28-31(2)29-35(47)6)45-25-23-43(55-45)49(37-16-11-8-12-17-37)41-21-20-40(53-41)48(36-14-9-7-10-15-36)42-22-24-44(50)54-42;;/h7-29H,1-6H3;1H;/q-1;;+2/p-1. The van der Waals surface area contributed by atoms with Crippen molar-refractivity contribution in [1.82, 2.24) is 9.97 Å². The molecule has 0 amide bonds. The van der Waals surface area contributed by atoms with Crippen molar-refractivity contribution in [3.63, 3.8) is 0 Å². The van der Waals surface area contributed by atoms with Crippen LogP contribution in [0.25, 0.3) is 22.3 Å². The quantitative estimate of drug-likeness (QED) is 0.167. The molecule has 0 unspecified atom stereocenters. The van der Waals surface area contributed by atoms with Crippen molar-refractivity contribution in [2.24, 2.45) is 9.98 Å². The third-order valence-corrected chi connectivity index (χ3v) is 10.7. The molecule has 0 saturated heterocycles. The second kappa shape index (κ2) is 16.0. The van der Waals surface area contributed by atoms with Crippen LogP contribution in [0.1, 0.15) is 67.0 Å². The Morgan fingerprint density at radius 3 is 1.21 bits per heavy atom. The first-order valence-electron chi connectivity index (χ1n) is 19.2. The molecule has 8 bridgehead atoms. The summed E-state index contributed by atoms with van der Waals surface area (Å²) in [5, 5.41) is 1.72. The Labute approximate surface area is 349 Å². The zero-order valence-corrected chi connectivity index (χ0v) is 36.9. The summed E-state index contributed by atoms with van der Waals surface area (Å²) in [6.45, 7) is 13.1. The van der Waals surface area contributed by atoms with Gasteiger partial charge in [-0.1, -0.05) is 114 Å². The van der Waals surface area contributed by atoms with Crippen molar-refractivity contribution >= 4 is 43.4 Å². The van der Waals surface area contributed by atoms with E-state index in [0.29, 0.717) is 0 Å². The van der Waals surface area contributed by atoms with E-state index in [4.69, 9.17) is 29.6 Å². The Balaban J connectivity index is 0.00000224. The van der Waals surface area contributed by atoms with Gasteiger partial charge in [-0.25, -0.2) is 15.0 Å². The molecule has 57 heavy (non-hydrogen) atoms. The van der Waals surface area contributed by atoms with Gasteiger partial charge in [0, 0.05) is 11.1 Å². The Kier molecular flexibility index (Phi) is 10.7. The Bertz CT molecular complexity index is 2670. The van der Waals surface area contributed by atoms with Crippen LogP contribution in [0.15, 0.2) is 161 Å². The molecule has 5 heterocycles. The van der Waals surface area contributed by atoms with Crippen molar-refractivity contribution in [2.45, 2.75) is 41.5 Å². The summed E-state index contributed by atoms with van der Waals surface area (Å²) in [5.41, 5.74) is 20.8. The maximum atomic E-state index is 5.58. The minimum atomic E-state index is 0.847. The number of hydrogen-bond donors (Lipinski definition) is 0. The molecule has 6 aromatic rings. The fourth-order valence-corrected chi connectivity index (χ4v) is 8.62. The van der Waals surface area contributed by atoms with Crippen molar-refractivity contribution in [3.8, 4) is 0 Å². The summed E-state index contributed by atoms with van der Waals surface area (Å²) in [5.74, 6) is 0. The first-order valence-corrected chi connectivity index (χ1v) is 23.1. The van der Waals surface area contributed by atoms with Gasteiger partial charge in [0.1, 0.15) is 0 Å². The molecular formula is C51H41ClN4Zn.